The van der Waals surface area contributed by atoms with Gasteiger partial charge in [0.15, 0.2) is 0 Å². The third-order valence-corrected chi connectivity index (χ3v) is 1.28. The fourth-order valence-electron chi connectivity index (χ4n) is 0.684. The van der Waals surface area contributed by atoms with E-state index < -0.39 is 0 Å². The second-order valence-electron chi connectivity index (χ2n) is 2.67. The van der Waals surface area contributed by atoms with Crippen LogP contribution in [-0.2, 0) is 0 Å². The number of rotatable bonds is 5. The average molecular weight is 157 g/mol. The summed E-state index contributed by atoms with van der Waals surface area (Å²) in [6.45, 7) is 5.23. The molecule has 3 nitrogen and oxygen atoms in total. The molecule has 2 N–H and O–H groups in total. The zero-order valence-electron chi connectivity index (χ0n) is 7.30. The molecule has 0 saturated carbocycles. The van der Waals surface area contributed by atoms with Crippen LogP contribution < -0.4 is 4.99 Å². The Labute approximate surface area is 68.1 Å². The molecule has 0 aromatic heterocycles. The number of aliphatic hydroxyl groups is 1. The van der Waals surface area contributed by atoms with Crippen LogP contribution in [0.1, 0.15) is 6.42 Å². The monoisotopic (exact) mass is 157 g/mol. The molecule has 0 radical (unpaired) electrons. The molecule has 0 fully saturated rings. The summed E-state index contributed by atoms with van der Waals surface area (Å²) in [6, 6.07) is 0. The Morgan fingerprint density at radius 3 is 2.73 bits per heavy atom. The van der Waals surface area contributed by atoms with Gasteiger partial charge >= 0.3 is 5.90 Å². The molecule has 0 bridgehead atoms. The lowest BCUT2D eigenvalue weighted by Crippen LogP contribution is -2.73. The molecule has 0 atom stereocenters. The van der Waals surface area contributed by atoms with Gasteiger partial charge in [-0.25, -0.2) is 4.99 Å². The zero-order valence-corrected chi connectivity index (χ0v) is 7.30. The second kappa shape index (κ2) is 5.92. The molecule has 11 heavy (non-hydrogen) atoms. The third-order valence-electron chi connectivity index (χ3n) is 1.28. The summed E-state index contributed by atoms with van der Waals surface area (Å²) in [7, 11) is 4.05. The van der Waals surface area contributed by atoms with Crippen LogP contribution in [0.15, 0.2) is 12.7 Å². The molecular weight excluding hydrogens is 140 g/mol. The van der Waals surface area contributed by atoms with E-state index in [0.29, 0.717) is 0 Å². The summed E-state index contributed by atoms with van der Waals surface area (Å²) in [4.78, 5) is 4.92. The van der Waals surface area contributed by atoms with Crippen molar-refractivity contribution in [3.63, 3.8) is 0 Å². The molecule has 0 aromatic carbocycles. The minimum absolute atomic E-state index is 0.156. The van der Waals surface area contributed by atoms with E-state index in [2.05, 4.69) is 16.5 Å². The maximum Gasteiger partial charge on any atom is 0.357 e. The first-order valence-electron chi connectivity index (χ1n) is 3.73. The largest absolute Gasteiger partial charge is 0.460 e. The van der Waals surface area contributed by atoms with Gasteiger partial charge in [-0.3, -0.25) is 0 Å². The molecule has 3 heteroatoms. The summed E-state index contributed by atoms with van der Waals surface area (Å²) in [6.07, 6.45) is 2.42. The van der Waals surface area contributed by atoms with E-state index in [-0.39, 0.29) is 5.90 Å². The predicted octanol–water partition coefficient (Wildman–Crippen LogP) is -0.839. The summed E-state index contributed by atoms with van der Waals surface area (Å²) in [5, 5.41) is 8.90. The van der Waals surface area contributed by atoms with Gasteiger partial charge in [-0.15, -0.1) is 0 Å². The van der Waals surface area contributed by atoms with E-state index >= 15 is 0 Å². The topological polar surface area (TPSA) is 37.4 Å². The Hall–Kier alpha value is -0.830. The van der Waals surface area contributed by atoms with Crippen LogP contribution in [-0.4, -0.2) is 43.1 Å². The first-order chi connectivity index (χ1) is 5.16. The SMILES string of the molecule is C=CC(O)=[NH+]CCCN(C)C. The van der Waals surface area contributed by atoms with Crippen LogP contribution in [0.3, 0.4) is 0 Å². The molecule has 0 spiro atoms. The van der Waals surface area contributed by atoms with Crippen molar-refractivity contribution < 1.29 is 10.1 Å². The molecule has 64 valence electrons. The molecule has 0 saturated heterocycles. The van der Waals surface area contributed by atoms with E-state index in [1.165, 1.54) is 6.08 Å². The van der Waals surface area contributed by atoms with Crippen LogP contribution in [0.5, 0.6) is 0 Å². The number of nitrogens with zero attached hydrogens (tertiary/aromatic N) is 1. The number of hydrogen-bond donors (Lipinski definition) is 2. The number of nitrogens with one attached hydrogen (secondary N) is 1. The lowest BCUT2D eigenvalue weighted by Gasteiger charge is -2.04. The van der Waals surface area contributed by atoms with E-state index in [1.807, 2.05) is 14.1 Å². The van der Waals surface area contributed by atoms with Crippen molar-refractivity contribution in [1.29, 1.82) is 0 Å². The van der Waals surface area contributed by atoms with Gasteiger partial charge in [0.25, 0.3) is 0 Å². The van der Waals surface area contributed by atoms with Crippen molar-refractivity contribution in [2.75, 3.05) is 27.2 Å². The minimum atomic E-state index is 0.156. The molecular formula is C8H17N2O+. The van der Waals surface area contributed by atoms with Gasteiger partial charge in [0.1, 0.15) is 6.54 Å². The van der Waals surface area contributed by atoms with Crippen LogP contribution >= 0.6 is 0 Å². The maximum atomic E-state index is 8.90. The highest BCUT2D eigenvalue weighted by molar-refractivity contribution is 5.79. The van der Waals surface area contributed by atoms with Gasteiger partial charge in [-0.05, 0) is 14.1 Å². The number of hydrogen-bond acceptors (Lipinski definition) is 1. The lowest BCUT2D eigenvalue weighted by atomic mass is 10.4. The van der Waals surface area contributed by atoms with Crippen molar-refractivity contribution in [2.24, 2.45) is 0 Å². The van der Waals surface area contributed by atoms with Gasteiger partial charge in [0.2, 0.25) is 0 Å². The van der Waals surface area contributed by atoms with Crippen molar-refractivity contribution in [1.82, 2.24) is 4.90 Å². The van der Waals surface area contributed by atoms with Crippen LogP contribution in [0, 0.1) is 0 Å². The summed E-state index contributed by atoms with van der Waals surface area (Å²) in [5.74, 6) is 0.156. The molecule has 0 rings (SSSR count). The predicted molar refractivity (Wildman–Crippen MR) is 46.8 cm³/mol. The molecule has 0 aliphatic carbocycles. The highest BCUT2D eigenvalue weighted by Crippen LogP contribution is 1.76. The van der Waals surface area contributed by atoms with E-state index in [9.17, 15) is 0 Å². The fraction of sp³-hybridized carbons (Fsp3) is 0.625. The highest BCUT2D eigenvalue weighted by atomic mass is 16.3. The smallest absolute Gasteiger partial charge is 0.357 e. The van der Waals surface area contributed by atoms with Gasteiger partial charge in [-0.2, -0.15) is 0 Å². The Balaban J connectivity index is 3.33. The first-order valence-corrected chi connectivity index (χ1v) is 3.73. The Bertz CT molecular complexity index is 141. The van der Waals surface area contributed by atoms with Crippen molar-refractivity contribution >= 4 is 5.90 Å². The fourth-order valence-corrected chi connectivity index (χ4v) is 0.684. The van der Waals surface area contributed by atoms with Crippen molar-refractivity contribution in [2.45, 2.75) is 6.42 Å². The minimum Gasteiger partial charge on any atom is -0.460 e. The Morgan fingerprint density at radius 2 is 2.27 bits per heavy atom. The van der Waals surface area contributed by atoms with E-state index in [0.717, 1.165) is 19.5 Å². The quantitative estimate of drug-likeness (QED) is 0.310. The molecule has 0 aliphatic rings. The number of aliphatic hydroxyl groups excluding tert-OH is 1. The van der Waals surface area contributed by atoms with Crippen LogP contribution in [0.2, 0.25) is 0 Å². The van der Waals surface area contributed by atoms with Gasteiger partial charge in [-0.1, -0.05) is 6.58 Å². The normalized spacial score (nSPS) is 12.1. The molecule has 0 aromatic rings. The molecule has 0 heterocycles. The zero-order chi connectivity index (χ0) is 8.69. The van der Waals surface area contributed by atoms with Crippen LogP contribution in [0.4, 0.5) is 0 Å². The average Bonchev–Trinajstić information content (AvgIpc) is 1.97. The Kier molecular flexibility index (Phi) is 5.47. The summed E-state index contributed by atoms with van der Waals surface area (Å²) < 4.78 is 0. The molecule has 0 unspecified atom stereocenters. The van der Waals surface area contributed by atoms with Crippen molar-refractivity contribution in [3.8, 4) is 0 Å². The second-order valence-corrected chi connectivity index (χ2v) is 2.67. The molecule has 0 aliphatic heterocycles. The standard InChI is InChI=1S/C8H16N2O/c1-4-8(11)9-6-5-7-10(2)3/h4H,1,5-7H2,2-3H3,(H,9,11)/p+1. The van der Waals surface area contributed by atoms with E-state index in [4.69, 9.17) is 5.11 Å². The third kappa shape index (κ3) is 7.06. The highest BCUT2D eigenvalue weighted by Gasteiger charge is 1.94. The van der Waals surface area contributed by atoms with E-state index in [1.54, 1.807) is 0 Å². The van der Waals surface area contributed by atoms with Gasteiger partial charge in [0, 0.05) is 19.0 Å². The summed E-state index contributed by atoms with van der Waals surface area (Å²) in [5.41, 5.74) is 0. The van der Waals surface area contributed by atoms with Gasteiger partial charge < -0.3 is 10.0 Å². The van der Waals surface area contributed by atoms with Crippen molar-refractivity contribution in [3.05, 3.63) is 12.7 Å². The lowest BCUT2D eigenvalue weighted by molar-refractivity contribution is -0.465. The first kappa shape index (κ1) is 10.2. The van der Waals surface area contributed by atoms with Gasteiger partial charge in [0.05, 0.1) is 0 Å². The van der Waals surface area contributed by atoms with Crippen LogP contribution in [0.25, 0.3) is 0 Å². The molecule has 0 amide bonds. The Morgan fingerprint density at radius 1 is 1.64 bits per heavy atom. The summed E-state index contributed by atoms with van der Waals surface area (Å²) >= 11 is 0. The maximum absolute atomic E-state index is 8.90.